The number of thiocarbonyl (C=S) groups is 1. The summed E-state index contributed by atoms with van der Waals surface area (Å²) >= 11 is 25.2. The van der Waals surface area contributed by atoms with Crippen LogP contribution in [0.3, 0.4) is 0 Å². The van der Waals surface area contributed by atoms with Crippen LogP contribution < -0.4 is 4.74 Å². The van der Waals surface area contributed by atoms with Crippen LogP contribution in [0, 0.1) is 5.82 Å². The first kappa shape index (κ1) is 24.3. The molecule has 3 aromatic carbocycles. The quantitative estimate of drug-likeness (QED) is 0.293. The second-order valence-electron chi connectivity index (χ2n) is 7.43. The molecule has 1 aliphatic rings. The van der Waals surface area contributed by atoms with Gasteiger partial charge in [0, 0.05) is 0 Å². The van der Waals surface area contributed by atoms with E-state index in [4.69, 9.17) is 51.8 Å². The summed E-state index contributed by atoms with van der Waals surface area (Å²) in [5.41, 5.74) is 2.59. The van der Waals surface area contributed by atoms with Gasteiger partial charge in [-0.05, 0) is 59.5 Å². The fraction of sp³-hybridized carbons (Fsp3) is 0.167. The number of hydrogen-bond donors (Lipinski definition) is 0. The van der Waals surface area contributed by atoms with Gasteiger partial charge in [0.1, 0.15) is 22.5 Å². The average Bonchev–Trinajstić information content (AvgIpc) is 3.04. The second-order valence-corrected chi connectivity index (χ2v) is 10.5. The first-order valence-electron chi connectivity index (χ1n) is 9.92. The number of amides is 1. The Morgan fingerprint density at radius 2 is 1.58 bits per heavy atom. The van der Waals surface area contributed by atoms with Gasteiger partial charge in [-0.25, -0.2) is 4.39 Å². The minimum Gasteiger partial charge on any atom is -0.487 e. The van der Waals surface area contributed by atoms with Gasteiger partial charge in [-0.2, -0.15) is 0 Å². The van der Waals surface area contributed by atoms with Crippen LogP contribution >= 0.6 is 58.8 Å². The Morgan fingerprint density at radius 1 is 0.909 bits per heavy atom. The monoisotopic (exact) mass is 539 g/mol. The van der Waals surface area contributed by atoms with Crippen molar-refractivity contribution in [2.24, 2.45) is 0 Å². The second kappa shape index (κ2) is 10.6. The van der Waals surface area contributed by atoms with E-state index in [0.717, 1.165) is 16.7 Å². The van der Waals surface area contributed by atoms with E-state index in [1.807, 2.05) is 12.1 Å². The van der Waals surface area contributed by atoms with Crippen molar-refractivity contribution >= 4 is 69.0 Å². The molecule has 3 nitrogen and oxygen atoms in total. The first-order chi connectivity index (χ1) is 15.8. The number of benzene rings is 3. The van der Waals surface area contributed by atoms with E-state index < -0.39 is 0 Å². The number of rotatable bonds is 7. The minimum absolute atomic E-state index is 0.0645. The molecule has 1 heterocycles. The van der Waals surface area contributed by atoms with E-state index in [9.17, 15) is 9.18 Å². The lowest BCUT2D eigenvalue weighted by Crippen LogP contribution is -2.31. The van der Waals surface area contributed by atoms with Crippen molar-refractivity contribution in [2.75, 3.05) is 0 Å². The molecule has 0 aliphatic carbocycles. The highest BCUT2D eigenvalue weighted by Crippen LogP contribution is 2.33. The SMILES string of the molecule is O=C1[C@@H](Cc2ccc(OCc3ccc(Cl)c(Cl)c3)c(Cl)c2)SC(=S)N1Cc1ccc(F)cc1. The Hall–Kier alpha value is -1.83. The Morgan fingerprint density at radius 3 is 2.27 bits per heavy atom. The largest absolute Gasteiger partial charge is 0.487 e. The molecular weight excluding hydrogens is 524 g/mol. The van der Waals surface area contributed by atoms with Crippen molar-refractivity contribution in [3.63, 3.8) is 0 Å². The first-order valence-corrected chi connectivity index (χ1v) is 12.3. The van der Waals surface area contributed by atoms with Gasteiger partial charge in [-0.3, -0.25) is 9.69 Å². The molecule has 1 amide bonds. The summed E-state index contributed by atoms with van der Waals surface area (Å²) in [6.07, 6.45) is 0.482. The number of carbonyl (C=O) groups is 1. The van der Waals surface area contributed by atoms with Crippen LogP contribution in [0.1, 0.15) is 16.7 Å². The topological polar surface area (TPSA) is 29.5 Å². The molecule has 33 heavy (non-hydrogen) atoms. The summed E-state index contributed by atoms with van der Waals surface area (Å²) in [6, 6.07) is 16.8. The maximum absolute atomic E-state index is 13.1. The van der Waals surface area contributed by atoms with E-state index in [1.54, 1.807) is 41.3 Å². The molecule has 1 atom stereocenters. The Balaban J connectivity index is 1.38. The predicted molar refractivity (Wildman–Crippen MR) is 137 cm³/mol. The lowest BCUT2D eigenvalue weighted by atomic mass is 10.1. The molecule has 3 aromatic rings. The van der Waals surface area contributed by atoms with Crippen molar-refractivity contribution < 1.29 is 13.9 Å². The fourth-order valence-corrected chi connectivity index (χ4v) is 5.45. The molecule has 0 N–H and O–H groups in total. The molecule has 1 fully saturated rings. The van der Waals surface area contributed by atoms with E-state index in [0.29, 0.717) is 44.7 Å². The molecule has 0 unspecified atom stereocenters. The molecular formula is C24H17Cl3FNO2S2. The number of thioether (sulfide) groups is 1. The highest BCUT2D eigenvalue weighted by atomic mass is 35.5. The van der Waals surface area contributed by atoms with Crippen LogP contribution in [-0.2, 0) is 24.4 Å². The highest BCUT2D eigenvalue weighted by Gasteiger charge is 2.36. The number of nitrogens with zero attached hydrogens (tertiary/aromatic N) is 1. The van der Waals surface area contributed by atoms with Crippen molar-refractivity contribution in [3.05, 3.63) is 98.2 Å². The maximum Gasteiger partial charge on any atom is 0.242 e. The van der Waals surface area contributed by atoms with Gasteiger partial charge in [-0.15, -0.1) is 0 Å². The molecule has 0 saturated carbocycles. The molecule has 0 bridgehead atoms. The van der Waals surface area contributed by atoms with Gasteiger partial charge >= 0.3 is 0 Å². The Bertz CT molecular complexity index is 1210. The lowest BCUT2D eigenvalue weighted by molar-refractivity contribution is -0.126. The van der Waals surface area contributed by atoms with Crippen LogP contribution in [0.5, 0.6) is 5.75 Å². The summed E-state index contributed by atoms with van der Waals surface area (Å²) in [5.74, 6) is 0.151. The minimum atomic E-state index is -0.336. The van der Waals surface area contributed by atoms with Crippen LogP contribution in [0.15, 0.2) is 60.7 Å². The molecule has 0 radical (unpaired) electrons. The van der Waals surface area contributed by atoms with Crippen LogP contribution in [0.2, 0.25) is 15.1 Å². The van der Waals surface area contributed by atoms with Crippen molar-refractivity contribution in [2.45, 2.75) is 24.8 Å². The zero-order valence-corrected chi connectivity index (χ0v) is 21.0. The summed E-state index contributed by atoms with van der Waals surface area (Å²) in [4.78, 5) is 14.5. The molecule has 1 saturated heterocycles. The van der Waals surface area contributed by atoms with Crippen molar-refractivity contribution in [1.82, 2.24) is 4.90 Å². The summed E-state index contributed by atoms with van der Waals surface area (Å²) < 4.78 is 19.5. The van der Waals surface area contributed by atoms with Crippen LogP contribution in [-0.4, -0.2) is 20.4 Å². The third-order valence-corrected chi connectivity index (χ3v) is 7.67. The van der Waals surface area contributed by atoms with Gasteiger partial charge in [0.2, 0.25) is 5.91 Å². The Labute approximate surface area is 215 Å². The number of halogens is 4. The smallest absolute Gasteiger partial charge is 0.242 e. The maximum atomic E-state index is 13.1. The van der Waals surface area contributed by atoms with Crippen LogP contribution in [0.25, 0.3) is 0 Å². The fourth-order valence-electron chi connectivity index (χ4n) is 3.34. The van der Waals surface area contributed by atoms with Crippen LogP contribution in [0.4, 0.5) is 4.39 Å². The van der Waals surface area contributed by atoms with Gasteiger partial charge in [0.25, 0.3) is 0 Å². The number of ether oxygens (including phenoxy) is 1. The van der Waals surface area contributed by atoms with E-state index in [2.05, 4.69) is 0 Å². The van der Waals surface area contributed by atoms with Crippen molar-refractivity contribution in [3.8, 4) is 5.75 Å². The third kappa shape index (κ3) is 6.00. The molecule has 0 spiro atoms. The Kier molecular flexibility index (Phi) is 7.82. The van der Waals surface area contributed by atoms with E-state index >= 15 is 0 Å². The molecule has 0 aromatic heterocycles. The number of hydrogen-bond acceptors (Lipinski definition) is 4. The lowest BCUT2D eigenvalue weighted by Gasteiger charge is -2.16. The van der Waals surface area contributed by atoms with Crippen molar-refractivity contribution in [1.29, 1.82) is 0 Å². The van der Waals surface area contributed by atoms with Gasteiger partial charge in [0.15, 0.2) is 0 Å². The van der Waals surface area contributed by atoms with E-state index in [1.165, 1.54) is 23.9 Å². The predicted octanol–water partition coefficient (Wildman–Crippen LogP) is 7.34. The zero-order valence-electron chi connectivity index (χ0n) is 17.1. The summed E-state index contributed by atoms with van der Waals surface area (Å²) in [5, 5.41) is 1.06. The van der Waals surface area contributed by atoms with Gasteiger partial charge in [0.05, 0.1) is 26.9 Å². The standard InChI is InChI=1S/C24H17Cl3FNO2S2/c25-18-7-3-16(10-19(18)26)13-31-21-8-4-15(9-20(21)27)11-22-23(30)29(24(32)33-22)12-14-1-5-17(28)6-2-14/h1-10,22H,11-13H2/t22-/m1/s1. The van der Waals surface area contributed by atoms with Gasteiger partial charge in [-0.1, -0.05) is 83.0 Å². The van der Waals surface area contributed by atoms with Gasteiger partial charge < -0.3 is 4.74 Å². The summed E-state index contributed by atoms with van der Waals surface area (Å²) in [6.45, 7) is 0.614. The third-order valence-electron chi connectivity index (χ3n) is 5.05. The molecule has 9 heteroatoms. The molecule has 170 valence electrons. The highest BCUT2D eigenvalue weighted by molar-refractivity contribution is 8.24. The normalized spacial score (nSPS) is 15.9. The van der Waals surface area contributed by atoms with E-state index in [-0.39, 0.29) is 17.0 Å². The molecule has 4 rings (SSSR count). The zero-order chi connectivity index (χ0) is 23.5. The average molecular weight is 541 g/mol. The summed E-state index contributed by atoms with van der Waals surface area (Å²) in [7, 11) is 0. The number of carbonyl (C=O) groups excluding carboxylic acids is 1. The molecule has 1 aliphatic heterocycles.